The minimum atomic E-state index is -0.937. The molecule has 27 heavy (non-hydrogen) atoms. The third kappa shape index (κ3) is 3.80. The number of hydrogen-bond acceptors (Lipinski definition) is 2. The third-order valence-electron chi connectivity index (χ3n) is 5.34. The molecule has 1 amide bonds. The van der Waals surface area contributed by atoms with Crippen LogP contribution in [-0.4, -0.2) is 35.0 Å². The molecule has 0 spiro atoms. The van der Waals surface area contributed by atoms with Crippen molar-refractivity contribution >= 4 is 11.9 Å². The van der Waals surface area contributed by atoms with Crippen LogP contribution in [0.1, 0.15) is 35.2 Å². The van der Waals surface area contributed by atoms with Crippen molar-refractivity contribution in [3.63, 3.8) is 0 Å². The highest BCUT2D eigenvalue weighted by atomic mass is 16.4. The molecular formula is C23H25NO3. The van der Waals surface area contributed by atoms with Crippen LogP contribution in [0.3, 0.4) is 0 Å². The molecule has 1 saturated heterocycles. The molecule has 1 fully saturated rings. The first kappa shape index (κ1) is 18.9. The summed E-state index contributed by atoms with van der Waals surface area (Å²) in [5.74, 6) is -0.964. The molecule has 3 rings (SSSR count). The highest BCUT2D eigenvalue weighted by molar-refractivity contribution is 6.01. The molecule has 1 aliphatic heterocycles. The second-order valence-electron chi connectivity index (χ2n) is 7.32. The van der Waals surface area contributed by atoms with E-state index in [1.165, 1.54) is 0 Å². The van der Waals surface area contributed by atoms with E-state index in [9.17, 15) is 14.7 Å². The summed E-state index contributed by atoms with van der Waals surface area (Å²) in [6.07, 6.45) is 3.25. The lowest BCUT2D eigenvalue weighted by molar-refractivity contribution is -0.151. The van der Waals surface area contributed by atoms with Crippen LogP contribution in [0.2, 0.25) is 0 Å². The van der Waals surface area contributed by atoms with Gasteiger partial charge in [0.05, 0.1) is 5.41 Å². The Morgan fingerprint density at radius 2 is 2.00 bits per heavy atom. The number of piperidine rings is 1. The number of likely N-dealkylation sites (tertiary alicyclic amines) is 1. The van der Waals surface area contributed by atoms with Crippen LogP contribution in [0, 0.1) is 12.3 Å². The van der Waals surface area contributed by atoms with E-state index in [4.69, 9.17) is 0 Å². The minimum absolute atomic E-state index is 0.110. The quantitative estimate of drug-likeness (QED) is 0.793. The molecule has 2 aromatic carbocycles. The molecule has 4 heteroatoms. The van der Waals surface area contributed by atoms with Gasteiger partial charge < -0.3 is 10.0 Å². The molecule has 0 saturated carbocycles. The lowest BCUT2D eigenvalue weighted by Gasteiger charge is -2.39. The number of carboxylic acids is 1. The van der Waals surface area contributed by atoms with Crippen molar-refractivity contribution < 1.29 is 14.7 Å². The molecule has 2 aromatic rings. The zero-order chi connectivity index (χ0) is 19.4. The van der Waals surface area contributed by atoms with Crippen LogP contribution >= 0.6 is 0 Å². The summed E-state index contributed by atoms with van der Waals surface area (Å²) in [4.78, 5) is 26.9. The number of carbonyl (C=O) groups excluding carboxylic acids is 1. The molecule has 1 heterocycles. The molecule has 0 bridgehead atoms. The molecule has 0 aromatic heterocycles. The predicted molar refractivity (Wildman–Crippen MR) is 107 cm³/mol. The van der Waals surface area contributed by atoms with Crippen molar-refractivity contribution in [2.75, 3.05) is 13.1 Å². The molecular weight excluding hydrogens is 338 g/mol. The van der Waals surface area contributed by atoms with E-state index in [2.05, 4.69) is 12.6 Å². The smallest absolute Gasteiger partial charge is 0.311 e. The Kier molecular flexibility index (Phi) is 5.45. The van der Waals surface area contributed by atoms with Crippen molar-refractivity contribution in [3.05, 3.63) is 72.3 Å². The maximum Gasteiger partial charge on any atom is 0.311 e. The first-order chi connectivity index (χ1) is 13.0. The number of carbonyl (C=O) groups is 2. The highest BCUT2D eigenvalue weighted by Crippen LogP contribution is 2.35. The van der Waals surface area contributed by atoms with Crippen LogP contribution < -0.4 is 0 Å². The van der Waals surface area contributed by atoms with E-state index in [0.717, 1.165) is 16.7 Å². The van der Waals surface area contributed by atoms with E-state index in [1.54, 1.807) is 11.0 Å². The van der Waals surface area contributed by atoms with Crippen molar-refractivity contribution in [2.45, 2.75) is 26.2 Å². The number of nitrogens with zero attached hydrogens (tertiary/aromatic N) is 1. The minimum Gasteiger partial charge on any atom is -0.481 e. The standard InChI is InChI=1S/C23H25NO3/c1-3-12-23(22(26)27)13-7-14-24(16-23)21(25)20-11-5-4-10-19(20)18-9-6-8-17(2)15-18/h3-6,8-11,15H,1,7,12-14,16H2,2H3,(H,26,27). The van der Waals surface area contributed by atoms with Gasteiger partial charge in [0.2, 0.25) is 0 Å². The normalized spacial score (nSPS) is 19.5. The highest BCUT2D eigenvalue weighted by Gasteiger charge is 2.42. The maximum absolute atomic E-state index is 13.3. The van der Waals surface area contributed by atoms with Crippen LogP contribution in [0.5, 0.6) is 0 Å². The molecule has 1 atom stereocenters. The van der Waals surface area contributed by atoms with E-state index in [0.29, 0.717) is 31.4 Å². The Hall–Kier alpha value is -2.88. The van der Waals surface area contributed by atoms with Crippen LogP contribution in [0.15, 0.2) is 61.2 Å². The van der Waals surface area contributed by atoms with Gasteiger partial charge in [-0.05, 0) is 43.4 Å². The largest absolute Gasteiger partial charge is 0.481 e. The predicted octanol–water partition coefficient (Wildman–Crippen LogP) is 4.55. The van der Waals surface area contributed by atoms with Gasteiger partial charge in [-0.3, -0.25) is 9.59 Å². The van der Waals surface area contributed by atoms with E-state index >= 15 is 0 Å². The number of carboxylic acid groups (broad SMARTS) is 1. The first-order valence-electron chi connectivity index (χ1n) is 9.26. The number of aryl methyl sites for hydroxylation is 1. The SMILES string of the molecule is C=CCC1(C(=O)O)CCCN(C(=O)c2ccccc2-c2cccc(C)c2)C1. The van der Waals surface area contributed by atoms with E-state index in [1.807, 2.05) is 49.4 Å². The summed E-state index contributed by atoms with van der Waals surface area (Å²) in [6, 6.07) is 15.6. The van der Waals surface area contributed by atoms with Crippen LogP contribution in [0.25, 0.3) is 11.1 Å². The summed E-state index contributed by atoms with van der Waals surface area (Å²) in [7, 11) is 0. The van der Waals surface area contributed by atoms with E-state index in [-0.39, 0.29) is 12.5 Å². The first-order valence-corrected chi connectivity index (χ1v) is 9.26. The van der Waals surface area contributed by atoms with E-state index < -0.39 is 11.4 Å². The van der Waals surface area contributed by atoms with Gasteiger partial charge in [0.25, 0.3) is 5.91 Å². The average Bonchev–Trinajstić information content (AvgIpc) is 2.68. The average molecular weight is 363 g/mol. The maximum atomic E-state index is 13.3. The molecule has 1 N–H and O–H groups in total. The number of benzene rings is 2. The zero-order valence-corrected chi connectivity index (χ0v) is 15.6. The second-order valence-corrected chi connectivity index (χ2v) is 7.32. The Bertz CT molecular complexity index is 873. The van der Waals surface area contributed by atoms with Gasteiger partial charge in [-0.15, -0.1) is 6.58 Å². The number of aliphatic carboxylic acids is 1. The summed E-state index contributed by atoms with van der Waals surface area (Å²) >= 11 is 0. The van der Waals surface area contributed by atoms with Crippen molar-refractivity contribution in [3.8, 4) is 11.1 Å². The fourth-order valence-electron chi connectivity index (χ4n) is 3.91. The van der Waals surface area contributed by atoms with Gasteiger partial charge in [-0.1, -0.05) is 54.1 Å². The monoisotopic (exact) mass is 363 g/mol. The number of rotatable bonds is 5. The van der Waals surface area contributed by atoms with Gasteiger partial charge in [0.15, 0.2) is 0 Å². The second kappa shape index (κ2) is 7.78. The Balaban J connectivity index is 1.95. The number of allylic oxidation sites excluding steroid dienone is 1. The number of hydrogen-bond donors (Lipinski definition) is 1. The molecule has 0 radical (unpaired) electrons. The van der Waals surface area contributed by atoms with Gasteiger partial charge in [-0.2, -0.15) is 0 Å². The van der Waals surface area contributed by atoms with Gasteiger partial charge in [-0.25, -0.2) is 0 Å². The zero-order valence-electron chi connectivity index (χ0n) is 15.6. The van der Waals surface area contributed by atoms with Gasteiger partial charge in [0.1, 0.15) is 0 Å². The van der Waals surface area contributed by atoms with Crippen molar-refractivity contribution in [2.24, 2.45) is 5.41 Å². The van der Waals surface area contributed by atoms with Crippen LogP contribution in [-0.2, 0) is 4.79 Å². The molecule has 1 unspecified atom stereocenters. The molecule has 4 nitrogen and oxygen atoms in total. The van der Waals surface area contributed by atoms with Crippen molar-refractivity contribution in [1.29, 1.82) is 0 Å². The van der Waals surface area contributed by atoms with Gasteiger partial charge in [0, 0.05) is 18.7 Å². The topological polar surface area (TPSA) is 57.6 Å². The third-order valence-corrected chi connectivity index (χ3v) is 5.34. The summed E-state index contributed by atoms with van der Waals surface area (Å²) in [5, 5.41) is 9.77. The van der Waals surface area contributed by atoms with Gasteiger partial charge >= 0.3 is 5.97 Å². The summed E-state index contributed by atoms with van der Waals surface area (Å²) in [6.45, 7) is 6.52. The Morgan fingerprint density at radius 3 is 2.70 bits per heavy atom. The lowest BCUT2D eigenvalue weighted by Crippen LogP contribution is -2.49. The lowest BCUT2D eigenvalue weighted by atomic mass is 9.77. The Morgan fingerprint density at radius 1 is 1.22 bits per heavy atom. The summed E-state index contributed by atoms with van der Waals surface area (Å²) in [5.41, 5.74) is 2.67. The fraction of sp³-hybridized carbons (Fsp3) is 0.304. The summed E-state index contributed by atoms with van der Waals surface area (Å²) < 4.78 is 0. The molecule has 0 aliphatic carbocycles. The van der Waals surface area contributed by atoms with Crippen LogP contribution in [0.4, 0.5) is 0 Å². The fourth-order valence-corrected chi connectivity index (χ4v) is 3.91. The van der Waals surface area contributed by atoms with Crippen molar-refractivity contribution in [1.82, 2.24) is 4.90 Å². The Labute approximate surface area is 160 Å². The molecule has 1 aliphatic rings. The number of amides is 1. The molecule has 140 valence electrons.